The second-order valence-electron chi connectivity index (χ2n) is 5.61. The molecule has 1 N–H and O–H groups in total. The van der Waals surface area contributed by atoms with Gasteiger partial charge in [-0.05, 0) is 36.5 Å². The van der Waals surface area contributed by atoms with E-state index in [-0.39, 0.29) is 6.61 Å². The van der Waals surface area contributed by atoms with Gasteiger partial charge in [0.2, 0.25) is 0 Å². The lowest BCUT2D eigenvalue weighted by Gasteiger charge is -2.31. The Hall–Kier alpha value is -1.06. The maximum Gasteiger partial charge on any atom is 0.124 e. The molecule has 1 fully saturated rings. The summed E-state index contributed by atoms with van der Waals surface area (Å²) in [4.78, 5) is 0. The van der Waals surface area contributed by atoms with E-state index in [2.05, 4.69) is 6.92 Å². The van der Waals surface area contributed by atoms with Crippen molar-refractivity contribution in [3.8, 4) is 5.75 Å². The molecule has 2 rings (SSSR count). The van der Waals surface area contributed by atoms with Crippen LogP contribution in [0.4, 0.5) is 0 Å². The van der Waals surface area contributed by atoms with E-state index < -0.39 is 0 Å². The Morgan fingerprint density at radius 1 is 1.25 bits per heavy atom. The first-order valence-electron chi connectivity index (χ1n) is 7.66. The first-order chi connectivity index (χ1) is 9.78. The summed E-state index contributed by atoms with van der Waals surface area (Å²) in [6.45, 7) is 2.87. The molecule has 112 valence electrons. The number of hydrogen-bond acceptors (Lipinski definition) is 3. The monoisotopic (exact) mass is 278 g/mol. The standard InChI is InChI=1S/C17H26O3/c1-3-14-6-4-5-7-17(14)20-12-15-10-13(11-18)8-9-16(15)19-2/h8-10,14,17-18H,3-7,11-12H2,1-2H3. The lowest BCUT2D eigenvalue weighted by atomic mass is 9.85. The lowest BCUT2D eigenvalue weighted by molar-refractivity contribution is -0.0228. The van der Waals surface area contributed by atoms with Crippen LogP contribution in [-0.2, 0) is 18.0 Å². The van der Waals surface area contributed by atoms with Gasteiger partial charge in [0, 0.05) is 5.56 Å². The van der Waals surface area contributed by atoms with Crippen LogP contribution in [0.3, 0.4) is 0 Å². The Morgan fingerprint density at radius 3 is 2.75 bits per heavy atom. The predicted molar refractivity (Wildman–Crippen MR) is 79.7 cm³/mol. The topological polar surface area (TPSA) is 38.7 Å². The largest absolute Gasteiger partial charge is 0.496 e. The van der Waals surface area contributed by atoms with Gasteiger partial charge in [0.05, 0.1) is 26.4 Å². The Bertz CT molecular complexity index is 417. The van der Waals surface area contributed by atoms with Crippen molar-refractivity contribution in [2.45, 2.75) is 58.3 Å². The van der Waals surface area contributed by atoms with Crippen LogP contribution < -0.4 is 4.74 Å². The molecule has 0 aliphatic heterocycles. The average molecular weight is 278 g/mol. The van der Waals surface area contributed by atoms with Gasteiger partial charge in [-0.15, -0.1) is 0 Å². The Kier molecular flexibility index (Phi) is 5.86. The van der Waals surface area contributed by atoms with Crippen LogP contribution in [0.25, 0.3) is 0 Å². The molecule has 2 atom stereocenters. The van der Waals surface area contributed by atoms with Gasteiger partial charge in [-0.2, -0.15) is 0 Å². The van der Waals surface area contributed by atoms with E-state index in [1.54, 1.807) is 7.11 Å². The van der Waals surface area contributed by atoms with Gasteiger partial charge in [-0.25, -0.2) is 0 Å². The molecular formula is C17H26O3. The minimum atomic E-state index is 0.0536. The molecule has 20 heavy (non-hydrogen) atoms. The summed E-state index contributed by atoms with van der Waals surface area (Å²) in [5.74, 6) is 1.53. The highest BCUT2D eigenvalue weighted by molar-refractivity contribution is 5.36. The molecule has 1 aliphatic rings. The average Bonchev–Trinajstić information content (AvgIpc) is 2.52. The van der Waals surface area contributed by atoms with Crippen LogP contribution in [0.2, 0.25) is 0 Å². The molecular weight excluding hydrogens is 252 g/mol. The van der Waals surface area contributed by atoms with Crippen molar-refractivity contribution >= 4 is 0 Å². The zero-order chi connectivity index (χ0) is 14.4. The van der Waals surface area contributed by atoms with Gasteiger partial charge in [-0.1, -0.05) is 32.3 Å². The fraction of sp³-hybridized carbons (Fsp3) is 0.647. The van der Waals surface area contributed by atoms with Crippen molar-refractivity contribution in [2.24, 2.45) is 5.92 Å². The minimum Gasteiger partial charge on any atom is -0.496 e. The highest BCUT2D eigenvalue weighted by Gasteiger charge is 2.24. The maximum absolute atomic E-state index is 9.24. The van der Waals surface area contributed by atoms with Gasteiger partial charge < -0.3 is 14.6 Å². The van der Waals surface area contributed by atoms with Crippen LogP contribution in [0.15, 0.2) is 18.2 Å². The summed E-state index contributed by atoms with van der Waals surface area (Å²) >= 11 is 0. The van der Waals surface area contributed by atoms with E-state index >= 15 is 0 Å². The van der Waals surface area contributed by atoms with E-state index in [4.69, 9.17) is 9.47 Å². The van der Waals surface area contributed by atoms with Crippen LogP contribution >= 0.6 is 0 Å². The number of hydrogen-bond donors (Lipinski definition) is 1. The molecule has 1 aromatic carbocycles. The summed E-state index contributed by atoms with van der Waals surface area (Å²) in [6.07, 6.45) is 6.63. The molecule has 2 unspecified atom stereocenters. The molecule has 0 aromatic heterocycles. The molecule has 3 nitrogen and oxygen atoms in total. The molecule has 1 saturated carbocycles. The van der Waals surface area contributed by atoms with Crippen molar-refractivity contribution < 1.29 is 14.6 Å². The maximum atomic E-state index is 9.24. The highest BCUT2D eigenvalue weighted by Crippen LogP contribution is 2.31. The van der Waals surface area contributed by atoms with Crippen molar-refractivity contribution in [3.05, 3.63) is 29.3 Å². The molecule has 0 saturated heterocycles. The smallest absolute Gasteiger partial charge is 0.124 e. The van der Waals surface area contributed by atoms with Crippen molar-refractivity contribution in [2.75, 3.05) is 7.11 Å². The van der Waals surface area contributed by atoms with Crippen LogP contribution in [0, 0.1) is 5.92 Å². The van der Waals surface area contributed by atoms with E-state index in [0.29, 0.717) is 18.6 Å². The van der Waals surface area contributed by atoms with Crippen molar-refractivity contribution in [3.63, 3.8) is 0 Å². The zero-order valence-electron chi connectivity index (χ0n) is 12.6. The summed E-state index contributed by atoms with van der Waals surface area (Å²) in [7, 11) is 1.67. The van der Waals surface area contributed by atoms with Gasteiger partial charge in [0.1, 0.15) is 5.75 Å². The first-order valence-corrected chi connectivity index (χ1v) is 7.66. The van der Waals surface area contributed by atoms with Crippen molar-refractivity contribution in [1.82, 2.24) is 0 Å². The third-order valence-electron chi connectivity index (χ3n) is 4.34. The molecule has 0 radical (unpaired) electrons. The van der Waals surface area contributed by atoms with Crippen molar-refractivity contribution in [1.29, 1.82) is 0 Å². The third kappa shape index (κ3) is 3.74. The molecule has 0 spiro atoms. The second kappa shape index (κ2) is 7.65. The summed E-state index contributed by atoms with van der Waals surface area (Å²) in [5, 5.41) is 9.24. The molecule has 1 aromatic rings. The number of ether oxygens (including phenoxy) is 2. The summed E-state index contributed by atoms with van der Waals surface area (Å²) in [5.41, 5.74) is 1.93. The molecule has 0 amide bonds. The molecule has 0 bridgehead atoms. The Labute approximate surface area is 121 Å². The fourth-order valence-corrected chi connectivity index (χ4v) is 3.10. The lowest BCUT2D eigenvalue weighted by Crippen LogP contribution is -2.27. The SMILES string of the molecule is CCC1CCCCC1OCc1cc(CO)ccc1OC. The number of methoxy groups -OCH3 is 1. The van der Waals surface area contributed by atoms with E-state index in [1.165, 1.54) is 32.1 Å². The van der Waals surface area contributed by atoms with Gasteiger partial charge >= 0.3 is 0 Å². The van der Waals surface area contributed by atoms with Crippen LogP contribution in [-0.4, -0.2) is 18.3 Å². The number of aliphatic hydroxyl groups excluding tert-OH is 1. The van der Waals surface area contributed by atoms with E-state index in [1.807, 2.05) is 18.2 Å². The van der Waals surface area contributed by atoms with Crippen LogP contribution in [0.1, 0.15) is 50.2 Å². The third-order valence-corrected chi connectivity index (χ3v) is 4.34. The predicted octanol–water partition coefficient (Wildman–Crippen LogP) is 3.67. The first kappa shape index (κ1) is 15.3. The number of rotatable bonds is 6. The molecule has 0 heterocycles. The quantitative estimate of drug-likeness (QED) is 0.863. The highest BCUT2D eigenvalue weighted by atomic mass is 16.5. The number of aliphatic hydroxyl groups is 1. The molecule has 1 aliphatic carbocycles. The zero-order valence-corrected chi connectivity index (χ0v) is 12.6. The Balaban J connectivity index is 2.01. The van der Waals surface area contributed by atoms with Gasteiger partial charge in [-0.3, -0.25) is 0 Å². The second-order valence-corrected chi connectivity index (χ2v) is 5.61. The van der Waals surface area contributed by atoms with Gasteiger partial charge in [0.25, 0.3) is 0 Å². The van der Waals surface area contributed by atoms with E-state index in [9.17, 15) is 5.11 Å². The number of benzene rings is 1. The minimum absolute atomic E-state index is 0.0536. The Morgan fingerprint density at radius 2 is 2.05 bits per heavy atom. The summed E-state index contributed by atoms with van der Waals surface area (Å²) < 4.78 is 11.5. The van der Waals surface area contributed by atoms with E-state index in [0.717, 1.165) is 16.9 Å². The van der Waals surface area contributed by atoms with Crippen LogP contribution in [0.5, 0.6) is 5.75 Å². The summed E-state index contributed by atoms with van der Waals surface area (Å²) in [6, 6.07) is 5.77. The normalized spacial score (nSPS) is 22.8. The fourth-order valence-electron chi connectivity index (χ4n) is 3.10. The van der Waals surface area contributed by atoms with Gasteiger partial charge in [0.15, 0.2) is 0 Å². The molecule has 3 heteroatoms.